The van der Waals surface area contributed by atoms with Gasteiger partial charge in [-0.3, -0.25) is 0 Å². The van der Waals surface area contributed by atoms with E-state index < -0.39 is 0 Å². The number of hydrogen-bond acceptors (Lipinski definition) is 2. The normalized spacial score (nSPS) is 11.7. The molecule has 1 atom stereocenters. The number of hydrogen-bond donors (Lipinski definition) is 1. The van der Waals surface area contributed by atoms with Crippen molar-refractivity contribution in [3.8, 4) is 5.75 Å². The predicted octanol–water partition coefficient (Wildman–Crippen LogP) is 3.68. The Labute approximate surface area is 106 Å². The molecular formula is C11H17BrClNO. The Kier molecular flexibility index (Phi) is 6.98. The largest absolute Gasteiger partial charge is 0.496 e. The minimum absolute atomic E-state index is 0. The topological polar surface area (TPSA) is 35.2 Å². The summed E-state index contributed by atoms with van der Waals surface area (Å²) in [6, 6.07) is 5.99. The maximum absolute atomic E-state index is 6.05. The van der Waals surface area contributed by atoms with Gasteiger partial charge in [0.1, 0.15) is 5.75 Å². The van der Waals surface area contributed by atoms with E-state index >= 15 is 0 Å². The van der Waals surface area contributed by atoms with E-state index in [-0.39, 0.29) is 18.4 Å². The second kappa shape index (κ2) is 7.09. The van der Waals surface area contributed by atoms with Gasteiger partial charge in [0.2, 0.25) is 0 Å². The second-order valence-electron chi connectivity index (χ2n) is 3.28. The first kappa shape index (κ1) is 14.8. The molecule has 0 aliphatic heterocycles. The number of rotatable bonds is 4. The van der Waals surface area contributed by atoms with Crippen molar-refractivity contribution >= 4 is 28.3 Å². The van der Waals surface area contributed by atoms with E-state index in [2.05, 4.69) is 22.9 Å². The van der Waals surface area contributed by atoms with E-state index in [1.54, 1.807) is 7.11 Å². The molecule has 1 rings (SSSR count). The van der Waals surface area contributed by atoms with Crippen LogP contribution in [0.15, 0.2) is 22.7 Å². The van der Waals surface area contributed by atoms with E-state index in [0.29, 0.717) is 0 Å². The Hall–Kier alpha value is -0.250. The van der Waals surface area contributed by atoms with E-state index in [1.807, 2.05) is 18.2 Å². The number of benzene rings is 1. The van der Waals surface area contributed by atoms with E-state index in [0.717, 1.165) is 28.6 Å². The number of ether oxygens (including phenoxy) is 1. The fraction of sp³-hybridized carbons (Fsp3) is 0.455. The molecule has 2 N–H and O–H groups in total. The average Bonchev–Trinajstić information content (AvgIpc) is 2.18. The molecule has 0 spiro atoms. The Bertz CT molecular complexity index is 307. The molecule has 0 fully saturated rings. The average molecular weight is 295 g/mol. The highest BCUT2D eigenvalue weighted by Crippen LogP contribution is 2.29. The number of methoxy groups -OCH3 is 1. The first-order valence-corrected chi connectivity index (χ1v) is 5.57. The molecule has 2 nitrogen and oxygen atoms in total. The van der Waals surface area contributed by atoms with Crippen LogP contribution in [-0.4, -0.2) is 7.11 Å². The van der Waals surface area contributed by atoms with Crippen molar-refractivity contribution in [1.29, 1.82) is 0 Å². The van der Waals surface area contributed by atoms with Gasteiger partial charge in [0.15, 0.2) is 0 Å². The molecule has 0 saturated carbocycles. The minimum atomic E-state index is 0. The lowest BCUT2D eigenvalue weighted by Crippen LogP contribution is -2.11. The van der Waals surface area contributed by atoms with Crippen LogP contribution < -0.4 is 10.5 Å². The molecule has 0 aromatic heterocycles. The van der Waals surface area contributed by atoms with Gasteiger partial charge in [-0.1, -0.05) is 29.3 Å². The van der Waals surface area contributed by atoms with Crippen molar-refractivity contribution in [3.63, 3.8) is 0 Å². The summed E-state index contributed by atoms with van der Waals surface area (Å²) >= 11 is 3.43. The van der Waals surface area contributed by atoms with Gasteiger partial charge in [-0.05, 0) is 24.6 Å². The van der Waals surface area contributed by atoms with Crippen LogP contribution in [-0.2, 0) is 0 Å². The smallest absolute Gasteiger partial charge is 0.123 e. The summed E-state index contributed by atoms with van der Waals surface area (Å²) in [5.74, 6) is 0.870. The van der Waals surface area contributed by atoms with E-state index in [4.69, 9.17) is 10.5 Å². The quantitative estimate of drug-likeness (QED) is 0.919. The van der Waals surface area contributed by atoms with E-state index in [9.17, 15) is 0 Å². The minimum Gasteiger partial charge on any atom is -0.496 e. The Morgan fingerprint density at radius 2 is 2.13 bits per heavy atom. The molecule has 0 amide bonds. The van der Waals surface area contributed by atoms with Crippen molar-refractivity contribution in [3.05, 3.63) is 28.2 Å². The van der Waals surface area contributed by atoms with Gasteiger partial charge in [-0.2, -0.15) is 0 Å². The molecule has 0 heterocycles. The van der Waals surface area contributed by atoms with Crippen molar-refractivity contribution in [1.82, 2.24) is 0 Å². The standard InChI is InChI=1S/C11H16BrNO.ClH/c1-3-4-10(13)9-7-8(12)5-6-11(9)14-2;/h5-7,10H,3-4,13H2,1-2H3;1H/t10-;/m1./s1. The third-order valence-corrected chi connectivity index (χ3v) is 2.68. The summed E-state index contributed by atoms with van der Waals surface area (Å²) < 4.78 is 6.31. The SMILES string of the molecule is CCC[C@@H](N)c1cc(Br)ccc1OC.Cl. The third-order valence-electron chi connectivity index (χ3n) is 2.19. The van der Waals surface area contributed by atoms with Crippen LogP contribution >= 0.6 is 28.3 Å². The lowest BCUT2D eigenvalue weighted by Gasteiger charge is -2.15. The van der Waals surface area contributed by atoms with Crippen LogP contribution in [0.5, 0.6) is 5.75 Å². The van der Waals surface area contributed by atoms with Crippen LogP contribution in [0.3, 0.4) is 0 Å². The highest BCUT2D eigenvalue weighted by molar-refractivity contribution is 9.10. The first-order chi connectivity index (χ1) is 6.69. The third kappa shape index (κ3) is 4.01. The van der Waals surface area contributed by atoms with Gasteiger partial charge in [0.25, 0.3) is 0 Å². The molecule has 0 aliphatic carbocycles. The zero-order valence-corrected chi connectivity index (χ0v) is 11.4. The highest BCUT2D eigenvalue weighted by Gasteiger charge is 2.11. The van der Waals surface area contributed by atoms with Crippen LogP contribution in [0.25, 0.3) is 0 Å². The highest BCUT2D eigenvalue weighted by atomic mass is 79.9. The van der Waals surface area contributed by atoms with Crippen molar-refractivity contribution in [2.45, 2.75) is 25.8 Å². The molecule has 0 bridgehead atoms. The van der Waals surface area contributed by atoms with Crippen LogP contribution in [0.2, 0.25) is 0 Å². The summed E-state index contributed by atoms with van der Waals surface area (Å²) in [6.45, 7) is 2.13. The van der Waals surface area contributed by atoms with Gasteiger partial charge in [0, 0.05) is 16.1 Å². The van der Waals surface area contributed by atoms with Crippen LogP contribution in [0, 0.1) is 0 Å². The Morgan fingerprint density at radius 3 is 2.67 bits per heavy atom. The summed E-state index contributed by atoms with van der Waals surface area (Å²) in [5.41, 5.74) is 7.12. The van der Waals surface area contributed by atoms with E-state index in [1.165, 1.54) is 0 Å². The molecule has 0 aliphatic rings. The molecule has 15 heavy (non-hydrogen) atoms. The van der Waals surface area contributed by atoms with Crippen molar-refractivity contribution < 1.29 is 4.74 Å². The van der Waals surface area contributed by atoms with Gasteiger partial charge < -0.3 is 10.5 Å². The molecule has 4 heteroatoms. The molecule has 0 radical (unpaired) electrons. The molecule has 0 saturated heterocycles. The van der Waals surface area contributed by atoms with Crippen LogP contribution in [0.4, 0.5) is 0 Å². The molecule has 1 aromatic rings. The van der Waals surface area contributed by atoms with Crippen molar-refractivity contribution in [2.75, 3.05) is 7.11 Å². The number of halogens is 2. The van der Waals surface area contributed by atoms with Gasteiger partial charge >= 0.3 is 0 Å². The monoisotopic (exact) mass is 293 g/mol. The Morgan fingerprint density at radius 1 is 1.47 bits per heavy atom. The van der Waals surface area contributed by atoms with Gasteiger partial charge in [-0.25, -0.2) is 0 Å². The summed E-state index contributed by atoms with van der Waals surface area (Å²) in [6.07, 6.45) is 2.06. The summed E-state index contributed by atoms with van der Waals surface area (Å²) in [5, 5.41) is 0. The summed E-state index contributed by atoms with van der Waals surface area (Å²) in [7, 11) is 1.67. The maximum atomic E-state index is 6.05. The number of nitrogens with two attached hydrogens (primary N) is 1. The predicted molar refractivity (Wildman–Crippen MR) is 69.8 cm³/mol. The van der Waals surface area contributed by atoms with Crippen LogP contribution in [0.1, 0.15) is 31.4 Å². The lowest BCUT2D eigenvalue weighted by atomic mass is 10.0. The molecule has 86 valence electrons. The van der Waals surface area contributed by atoms with Gasteiger partial charge in [-0.15, -0.1) is 12.4 Å². The second-order valence-corrected chi connectivity index (χ2v) is 4.20. The summed E-state index contributed by atoms with van der Waals surface area (Å²) in [4.78, 5) is 0. The fourth-order valence-corrected chi connectivity index (χ4v) is 1.84. The fourth-order valence-electron chi connectivity index (χ4n) is 1.46. The zero-order chi connectivity index (χ0) is 10.6. The zero-order valence-electron chi connectivity index (χ0n) is 9.00. The first-order valence-electron chi connectivity index (χ1n) is 4.78. The molecule has 0 unspecified atom stereocenters. The maximum Gasteiger partial charge on any atom is 0.123 e. The lowest BCUT2D eigenvalue weighted by molar-refractivity contribution is 0.404. The molecule has 1 aromatic carbocycles. The van der Waals surface area contributed by atoms with Crippen molar-refractivity contribution in [2.24, 2.45) is 5.73 Å². The van der Waals surface area contributed by atoms with Gasteiger partial charge in [0.05, 0.1) is 7.11 Å². The molecular weight excluding hydrogens is 277 g/mol. The Balaban J connectivity index is 0.00000196.